The van der Waals surface area contributed by atoms with Crippen molar-refractivity contribution >= 4 is 28.8 Å². The lowest BCUT2D eigenvalue weighted by molar-refractivity contribution is 0.0205. The van der Waals surface area contributed by atoms with E-state index in [2.05, 4.69) is 0 Å². The number of carbonyl (C=O) groups is 3. The van der Waals surface area contributed by atoms with Crippen molar-refractivity contribution in [2.45, 2.75) is 6.92 Å². The molecule has 0 atom stereocenters. The number of ether oxygens (including phenoxy) is 1. The molecule has 7 heteroatoms. The van der Waals surface area contributed by atoms with Gasteiger partial charge in [0.05, 0.1) is 11.1 Å². The van der Waals surface area contributed by atoms with Crippen LogP contribution in [0.15, 0.2) is 46.9 Å². The quantitative estimate of drug-likeness (QED) is 0.533. The lowest BCUT2D eigenvalue weighted by Gasteiger charge is -2.13. The molecule has 6 nitrogen and oxygen atoms in total. The summed E-state index contributed by atoms with van der Waals surface area (Å²) in [5.41, 5.74) is 1.30. The Morgan fingerprint density at radius 3 is 2.42 bits per heavy atom. The second-order valence-electron chi connectivity index (χ2n) is 5.84. The standard InChI is InChI=1S/C19H12FNO5/c1-10-14-8-11(20)6-7-15(14)26-16(10)19(24)25-9-21-17(22)12-4-2-3-5-13(12)18(21)23/h2-8H,9H2,1H3. The van der Waals surface area contributed by atoms with Gasteiger partial charge in [0, 0.05) is 10.9 Å². The molecule has 1 aliphatic heterocycles. The fourth-order valence-corrected chi connectivity index (χ4v) is 2.93. The summed E-state index contributed by atoms with van der Waals surface area (Å²) in [5.74, 6) is -2.44. The molecule has 1 aromatic heterocycles. The SMILES string of the molecule is Cc1c(C(=O)OCN2C(=O)c3ccccc3C2=O)oc2ccc(F)cc12. The number of carbonyl (C=O) groups excluding carboxylic acids is 3. The molecular weight excluding hydrogens is 341 g/mol. The minimum absolute atomic E-state index is 0.0952. The van der Waals surface area contributed by atoms with Crippen LogP contribution in [0.1, 0.15) is 36.8 Å². The molecule has 26 heavy (non-hydrogen) atoms. The van der Waals surface area contributed by atoms with E-state index in [-0.39, 0.29) is 16.9 Å². The van der Waals surface area contributed by atoms with Crippen LogP contribution in [0.25, 0.3) is 11.0 Å². The smallest absolute Gasteiger partial charge is 0.376 e. The molecule has 0 saturated carbocycles. The molecule has 2 aromatic carbocycles. The first kappa shape index (κ1) is 16.0. The van der Waals surface area contributed by atoms with Gasteiger partial charge in [0.15, 0.2) is 6.73 Å². The number of benzene rings is 2. The Morgan fingerprint density at radius 2 is 1.77 bits per heavy atom. The zero-order chi connectivity index (χ0) is 18.4. The summed E-state index contributed by atoms with van der Waals surface area (Å²) >= 11 is 0. The average Bonchev–Trinajstić information content (AvgIpc) is 3.09. The Hall–Kier alpha value is -3.48. The van der Waals surface area contributed by atoms with Crippen molar-refractivity contribution in [3.05, 3.63) is 70.7 Å². The monoisotopic (exact) mass is 353 g/mol. The molecule has 0 fully saturated rings. The van der Waals surface area contributed by atoms with Crippen LogP contribution in [0.5, 0.6) is 0 Å². The van der Waals surface area contributed by atoms with Crippen molar-refractivity contribution in [1.82, 2.24) is 4.90 Å². The zero-order valence-electron chi connectivity index (χ0n) is 13.6. The zero-order valence-corrected chi connectivity index (χ0v) is 13.6. The summed E-state index contributed by atoms with van der Waals surface area (Å²) in [5, 5.41) is 0.456. The minimum atomic E-state index is -0.837. The van der Waals surface area contributed by atoms with Crippen molar-refractivity contribution in [1.29, 1.82) is 0 Å². The van der Waals surface area contributed by atoms with E-state index < -0.39 is 30.3 Å². The molecule has 0 spiro atoms. The number of esters is 1. The van der Waals surface area contributed by atoms with E-state index in [0.29, 0.717) is 16.5 Å². The summed E-state index contributed by atoms with van der Waals surface area (Å²) < 4.78 is 23.9. The molecule has 0 radical (unpaired) electrons. The number of hydrogen-bond acceptors (Lipinski definition) is 5. The summed E-state index contributed by atoms with van der Waals surface area (Å²) in [4.78, 5) is 37.7. The number of halogens is 1. The van der Waals surface area contributed by atoms with E-state index in [1.165, 1.54) is 30.3 Å². The molecule has 0 aliphatic carbocycles. The fraction of sp³-hybridized carbons (Fsp3) is 0.105. The number of rotatable bonds is 3. The number of aryl methyl sites for hydroxylation is 1. The van der Waals surface area contributed by atoms with Crippen molar-refractivity contribution in [2.24, 2.45) is 0 Å². The summed E-state index contributed by atoms with van der Waals surface area (Å²) in [6.07, 6.45) is 0. The van der Waals surface area contributed by atoms with E-state index >= 15 is 0 Å². The second kappa shape index (κ2) is 5.80. The Kier molecular flexibility index (Phi) is 3.57. The Labute approximate surface area is 146 Å². The predicted octanol–water partition coefficient (Wildman–Crippen LogP) is 3.29. The lowest BCUT2D eigenvalue weighted by Crippen LogP contribution is -2.33. The molecule has 3 aromatic rings. The highest BCUT2D eigenvalue weighted by molar-refractivity contribution is 6.21. The molecule has 1 aliphatic rings. The second-order valence-corrected chi connectivity index (χ2v) is 5.84. The average molecular weight is 353 g/mol. The number of hydrogen-bond donors (Lipinski definition) is 0. The molecule has 4 rings (SSSR count). The fourth-order valence-electron chi connectivity index (χ4n) is 2.93. The van der Waals surface area contributed by atoms with Crippen LogP contribution in [0.2, 0.25) is 0 Å². The van der Waals surface area contributed by atoms with Crippen LogP contribution in [-0.2, 0) is 4.74 Å². The largest absolute Gasteiger partial charge is 0.449 e. The van der Waals surface area contributed by atoms with E-state index in [1.807, 2.05) is 0 Å². The van der Waals surface area contributed by atoms with Crippen molar-refractivity contribution in [3.8, 4) is 0 Å². The van der Waals surface area contributed by atoms with Crippen LogP contribution in [-0.4, -0.2) is 29.4 Å². The maximum Gasteiger partial charge on any atom is 0.376 e. The number of amides is 2. The highest BCUT2D eigenvalue weighted by Gasteiger charge is 2.36. The van der Waals surface area contributed by atoms with E-state index in [4.69, 9.17) is 9.15 Å². The first-order valence-corrected chi connectivity index (χ1v) is 7.78. The van der Waals surface area contributed by atoms with Gasteiger partial charge < -0.3 is 9.15 Å². The Morgan fingerprint density at radius 1 is 1.12 bits per heavy atom. The van der Waals surface area contributed by atoms with Gasteiger partial charge >= 0.3 is 5.97 Å². The van der Waals surface area contributed by atoms with Gasteiger partial charge in [-0.2, -0.15) is 0 Å². The summed E-state index contributed by atoms with van der Waals surface area (Å²) in [7, 11) is 0. The van der Waals surface area contributed by atoms with Crippen molar-refractivity contribution < 1.29 is 27.9 Å². The Bertz CT molecular complexity index is 1050. The van der Waals surface area contributed by atoms with E-state index in [9.17, 15) is 18.8 Å². The van der Waals surface area contributed by atoms with Gasteiger partial charge in [-0.05, 0) is 37.3 Å². The van der Waals surface area contributed by atoms with Crippen molar-refractivity contribution in [3.63, 3.8) is 0 Å². The van der Waals surface area contributed by atoms with Crippen LogP contribution in [0, 0.1) is 12.7 Å². The van der Waals surface area contributed by atoms with Crippen LogP contribution >= 0.6 is 0 Å². The van der Waals surface area contributed by atoms with Crippen LogP contribution < -0.4 is 0 Å². The predicted molar refractivity (Wildman–Crippen MR) is 88.1 cm³/mol. The third-order valence-corrected chi connectivity index (χ3v) is 4.29. The van der Waals surface area contributed by atoms with Gasteiger partial charge in [-0.1, -0.05) is 12.1 Å². The maximum atomic E-state index is 13.4. The number of nitrogens with zero attached hydrogens (tertiary/aromatic N) is 1. The number of fused-ring (bicyclic) bond motifs is 2. The first-order valence-electron chi connectivity index (χ1n) is 7.78. The Balaban J connectivity index is 1.54. The normalized spacial score (nSPS) is 13.4. The molecule has 130 valence electrons. The molecule has 0 saturated heterocycles. The third-order valence-electron chi connectivity index (χ3n) is 4.29. The highest BCUT2D eigenvalue weighted by atomic mass is 19.1. The molecule has 2 amide bonds. The number of imide groups is 1. The minimum Gasteiger partial charge on any atom is -0.449 e. The van der Waals surface area contributed by atoms with Gasteiger partial charge in [-0.25, -0.2) is 14.1 Å². The van der Waals surface area contributed by atoms with Gasteiger partial charge in [0.2, 0.25) is 5.76 Å². The summed E-state index contributed by atoms with van der Waals surface area (Å²) in [6.45, 7) is 1.07. The third kappa shape index (κ3) is 2.36. The van der Waals surface area contributed by atoms with Crippen LogP contribution in [0.4, 0.5) is 4.39 Å². The first-order chi connectivity index (χ1) is 12.5. The van der Waals surface area contributed by atoms with Crippen molar-refractivity contribution in [2.75, 3.05) is 6.73 Å². The lowest BCUT2D eigenvalue weighted by atomic mass is 10.1. The molecule has 2 heterocycles. The van der Waals surface area contributed by atoms with Gasteiger partial charge in [0.1, 0.15) is 11.4 Å². The highest BCUT2D eigenvalue weighted by Crippen LogP contribution is 2.27. The summed E-state index contributed by atoms with van der Waals surface area (Å²) in [6, 6.07) is 10.3. The molecule has 0 N–H and O–H groups in total. The van der Waals surface area contributed by atoms with Crippen LogP contribution in [0.3, 0.4) is 0 Å². The number of furan rings is 1. The molecule has 0 bridgehead atoms. The van der Waals surface area contributed by atoms with E-state index in [0.717, 1.165) is 4.90 Å². The molecule has 0 unspecified atom stereocenters. The maximum absolute atomic E-state index is 13.4. The van der Waals surface area contributed by atoms with Gasteiger partial charge in [-0.3, -0.25) is 9.59 Å². The topological polar surface area (TPSA) is 76.8 Å². The molecular formula is C19H12FNO5. The van der Waals surface area contributed by atoms with E-state index in [1.54, 1.807) is 19.1 Å². The van der Waals surface area contributed by atoms with Gasteiger partial charge in [-0.15, -0.1) is 0 Å². The van der Waals surface area contributed by atoms with Gasteiger partial charge in [0.25, 0.3) is 11.8 Å².